The minimum absolute atomic E-state index is 0.0539. The average molecular weight is 556 g/mol. The van der Waals surface area contributed by atoms with Crippen molar-refractivity contribution in [3.8, 4) is 0 Å². The van der Waals surface area contributed by atoms with Crippen molar-refractivity contribution in [2.75, 3.05) is 5.73 Å². The van der Waals surface area contributed by atoms with Crippen LogP contribution in [0.5, 0.6) is 0 Å². The summed E-state index contributed by atoms with van der Waals surface area (Å²) in [6.45, 7) is 3.21. The molecule has 4 N–H and O–H groups in total. The minimum atomic E-state index is -3.63. The number of anilines is 1. The van der Waals surface area contributed by atoms with Crippen molar-refractivity contribution < 1.29 is 13.2 Å². The van der Waals surface area contributed by atoms with Gasteiger partial charge in [-0.3, -0.25) is 4.79 Å². The summed E-state index contributed by atoms with van der Waals surface area (Å²) in [7, 11) is -3.63. The topological polar surface area (TPSA) is 145 Å². The zero-order valence-corrected chi connectivity index (χ0v) is 22.6. The van der Waals surface area contributed by atoms with Gasteiger partial charge in [-0.15, -0.1) is 0 Å². The zero-order chi connectivity index (χ0) is 27.1. The predicted molar refractivity (Wildman–Crippen MR) is 147 cm³/mol. The molecule has 0 fully saturated rings. The lowest BCUT2D eigenvalue weighted by molar-refractivity contribution is -0.121. The number of nitrogens with zero attached hydrogens (tertiary/aromatic N) is 4. The van der Waals surface area contributed by atoms with Crippen LogP contribution in [0, 0.1) is 6.92 Å². The van der Waals surface area contributed by atoms with Gasteiger partial charge in [-0.05, 0) is 54.6 Å². The van der Waals surface area contributed by atoms with Crippen LogP contribution in [0.4, 0.5) is 5.82 Å². The van der Waals surface area contributed by atoms with Gasteiger partial charge < -0.3 is 15.6 Å². The number of nitrogens with two attached hydrogens (primary N) is 1. The minimum Gasteiger partial charge on any atom is -0.382 e. The Kier molecular flexibility index (Phi) is 8.93. The lowest BCUT2D eigenvalue weighted by atomic mass is 10.1. The second-order valence-electron chi connectivity index (χ2n) is 9.03. The highest BCUT2D eigenvalue weighted by Crippen LogP contribution is 2.19. The van der Waals surface area contributed by atoms with Gasteiger partial charge in [-0.2, -0.15) is 9.97 Å². The summed E-state index contributed by atoms with van der Waals surface area (Å²) in [5, 5.41) is 2.97. The van der Waals surface area contributed by atoms with Crippen LogP contribution in [0.15, 0.2) is 59.8 Å². The number of nitrogen functional groups attached to an aromatic ring is 1. The van der Waals surface area contributed by atoms with E-state index >= 15 is 0 Å². The molecule has 0 saturated carbocycles. The van der Waals surface area contributed by atoms with E-state index in [1.165, 1.54) is 0 Å². The fourth-order valence-corrected chi connectivity index (χ4v) is 5.08. The predicted octanol–water partition coefficient (Wildman–Crippen LogP) is 3.73. The Balaban J connectivity index is 1.16. The van der Waals surface area contributed by atoms with Crippen molar-refractivity contribution in [2.45, 2.75) is 57.1 Å². The van der Waals surface area contributed by atoms with Crippen LogP contribution in [0.2, 0.25) is 5.28 Å². The molecule has 38 heavy (non-hydrogen) atoms. The fourth-order valence-electron chi connectivity index (χ4n) is 3.89. The Morgan fingerprint density at radius 2 is 1.66 bits per heavy atom. The van der Waals surface area contributed by atoms with Crippen molar-refractivity contribution in [1.82, 2.24) is 29.6 Å². The lowest BCUT2D eigenvalue weighted by Gasteiger charge is -2.09. The molecule has 0 aliphatic rings. The summed E-state index contributed by atoms with van der Waals surface area (Å²) in [5.41, 5.74) is 9.78. The van der Waals surface area contributed by atoms with E-state index in [9.17, 15) is 13.2 Å². The number of benzene rings is 2. The summed E-state index contributed by atoms with van der Waals surface area (Å²) in [4.78, 5) is 24.8. The number of halogens is 1. The van der Waals surface area contributed by atoms with E-state index in [0.717, 1.165) is 36.0 Å². The second-order valence-corrected chi connectivity index (χ2v) is 11.1. The number of carbonyl (C=O) groups excluding carboxylic acids is 1. The van der Waals surface area contributed by atoms with Crippen LogP contribution in [-0.4, -0.2) is 33.8 Å². The Labute approximate surface area is 226 Å². The number of aryl methyl sites for hydroxylation is 2. The number of imidazole rings is 1. The lowest BCUT2D eigenvalue weighted by Crippen LogP contribution is -2.24. The Hall–Kier alpha value is -3.54. The number of amides is 1. The molecule has 4 aromatic rings. The Bertz CT molecular complexity index is 1500. The maximum Gasteiger partial charge on any atom is 0.240 e. The van der Waals surface area contributed by atoms with Gasteiger partial charge in [0.05, 0.1) is 11.2 Å². The van der Waals surface area contributed by atoms with Crippen LogP contribution >= 0.6 is 11.6 Å². The highest BCUT2D eigenvalue weighted by molar-refractivity contribution is 7.89. The molecule has 0 radical (unpaired) electrons. The second kappa shape index (κ2) is 12.3. The smallest absolute Gasteiger partial charge is 0.240 e. The molecule has 0 atom stereocenters. The molecule has 12 heteroatoms. The van der Waals surface area contributed by atoms with E-state index < -0.39 is 10.0 Å². The van der Waals surface area contributed by atoms with Crippen molar-refractivity contribution in [1.29, 1.82) is 0 Å². The van der Waals surface area contributed by atoms with Gasteiger partial charge in [0.2, 0.25) is 21.2 Å². The highest BCUT2D eigenvalue weighted by atomic mass is 35.5. The first-order valence-electron chi connectivity index (χ1n) is 12.3. The molecule has 10 nitrogen and oxygen atoms in total. The van der Waals surface area contributed by atoms with E-state index in [-0.39, 0.29) is 28.4 Å². The number of fused-ring (bicyclic) bond motifs is 1. The third kappa shape index (κ3) is 7.27. The van der Waals surface area contributed by atoms with Crippen LogP contribution in [0.25, 0.3) is 11.2 Å². The van der Waals surface area contributed by atoms with Gasteiger partial charge in [-0.25, -0.2) is 18.1 Å². The molecule has 200 valence electrons. The monoisotopic (exact) mass is 555 g/mol. The first-order valence-corrected chi connectivity index (χ1v) is 14.1. The normalized spacial score (nSPS) is 11.6. The van der Waals surface area contributed by atoms with E-state index in [4.69, 9.17) is 17.3 Å². The van der Waals surface area contributed by atoms with Gasteiger partial charge in [0, 0.05) is 26.1 Å². The fraction of sp³-hybridized carbons (Fsp3) is 0.308. The maximum absolute atomic E-state index is 12.6. The maximum atomic E-state index is 12.6. The number of rotatable bonds is 12. The molecule has 0 aliphatic carbocycles. The first kappa shape index (κ1) is 27.5. The summed E-state index contributed by atoms with van der Waals surface area (Å²) in [6.07, 6.45) is 4.49. The molecule has 2 heterocycles. The average Bonchev–Trinajstić information content (AvgIpc) is 3.30. The highest BCUT2D eigenvalue weighted by Gasteiger charge is 2.14. The van der Waals surface area contributed by atoms with Gasteiger partial charge in [0.15, 0.2) is 11.5 Å². The molecule has 0 saturated heterocycles. The first-order chi connectivity index (χ1) is 18.2. The van der Waals surface area contributed by atoms with Crippen LogP contribution in [0.3, 0.4) is 0 Å². The SMILES string of the molecule is Cc1ccc(CNS(=O)(=O)c2ccc(CNC(=O)CCCCCn3cnc4c(N)nc(Cl)nc43)cc2)cc1. The molecule has 4 rings (SSSR count). The van der Waals surface area contributed by atoms with E-state index in [2.05, 4.69) is 25.0 Å². The Morgan fingerprint density at radius 3 is 2.39 bits per heavy atom. The molecule has 2 aromatic carbocycles. The van der Waals surface area contributed by atoms with Crippen molar-refractivity contribution in [3.63, 3.8) is 0 Å². The van der Waals surface area contributed by atoms with Crippen molar-refractivity contribution >= 4 is 44.5 Å². The summed E-state index contributed by atoms with van der Waals surface area (Å²) in [5.74, 6) is 0.198. The molecular weight excluding hydrogens is 526 g/mol. The number of hydrogen-bond donors (Lipinski definition) is 3. The van der Waals surface area contributed by atoms with Crippen LogP contribution < -0.4 is 15.8 Å². The number of carbonyl (C=O) groups is 1. The molecule has 0 spiro atoms. The summed E-state index contributed by atoms with van der Waals surface area (Å²) < 4.78 is 29.7. The summed E-state index contributed by atoms with van der Waals surface area (Å²) in [6, 6.07) is 14.2. The third-order valence-electron chi connectivity index (χ3n) is 6.08. The quantitative estimate of drug-likeness (QED) is 0.178. The number of sulfonamides is 1. The number of hydrogen-bond acceptors (Lipinski definition) is 7. The largest absolute Gasteiger partial charge is 0.382 e. The molecule has 2 aromatic heterocycles. The third-order valence-corrected chi connectivity index (χ3v) is 7.66. The molecule has 0 aliphatic heterocycles. The van der Waals surface area contributed by atoms with Gasteiger partial charge in [0.1, 0.15) is 5.52 Å². The van der Waals surface area contributed by atoms with Gasteiger partial charge in [0.25, 0.3) is 0 Å². The number of nitrogens with one attached hydrogen (secondary N) is 2. The standard InChI is InChI=1S/C26H30ClN7O3S/c1-18-6-8-20(9-7-18)16-31-38(36,37)21-12-10-19(11-13-21)15-29-22(35)5-3-2-4-14-34-17-30-23-24(28)32-26(27)33-25(23)34/h6-13,17,31H,2-5,14-16H2,1H3,(H,29,35)(H2,28,32,33). The number of aromatic nitrogens is 4. The van der Waals surface area contributed by atoms with E-state index in [1.807, 2.05) is 35.8 Å². The zero-order valence-electron chi connectivity index (χ0n) is 21.0. The summed E-state index contributed by atoms with van der Waals surface area (Å²) >= 11 is 5.89. The van der Waals surface area contributed by atoms with Crippen molar-refractivity contribution in [2.24, 2.45) is 0 Å². The van der Waals surface area contributed by atoms with Crippen molar-refractivity contribution in [3.05, 3.63) is 76.8 Å². The molecule has 0 bridgehead atoms. The number of unbranched alkanes of at least 4 members (excludes halogenated alkanes) is 2. The molecule has 0 unspecified atom stereocenters. The van der Waals surface area contributed by atoms with Crippen LogP contribution in [-0.2, 0) is 34.5 Å². The van der Waals surface area contributed by atoms with Crippen LogP contribution in [0.1, 0.15) is 42.4 Å². The van der Waals surface area contributed by atoms with E-state index in [1.54, 1.807) is 30.6 Å². The van der Waals surface area contributed by atoms with Gasteiger partial charge in [-0.1, -0.05) is 48.4 Å². The van der Waals surface area contributed by atoms with E-state index in [0.29, 0.717) is 30.7 Å². The van der Waals surface area contributed by atoms with Gasteiger partial charge >= 0.3 is 0 Å². The molecular formula is C26H30ClN7O3S. The molecule has 1 amide bonds. The Morgan fingerprint density at radius 1 is 0.974 bits per heavy atom.